The van der Waals surface area contributed by atoms with E-state index in [4.69, 9.17) is 0 Å². The number of nitrogens with zero attached hydrogens (tertiary/aromatic N) is 1. The summed E-state index contributed by atoms with van der Waals surface area (Å²) in [5.74, 6) is 0.221. The van der Waals surface area contributed by atoms with Crippen LogP contribution < -0.4 is 10.6 Å². The van der Waals surface area contributed by atoms with E-state index in [1.165, 1.54) is 45.2 Å². The van der Waals surface area contributed by atoms with Crippen molar-refractivity contribution in [3.05, 3.63) is 0 Å². The number of amides is 1. The Balaban J connectivity index is 1.57. The normalized spacial score (nSPS) is 26.3. The Hall–Kier alpha value is -0.610. The lowest BCUT2D eigenvalue weighted by atomic mass is 10.1. The predicted octanol–water partition coefficient (Wildman–Crippen LogP) is 1.51. The molecule has 0 aromatic rings. The van der Waals surface area contributed by atoms with E-state index < -0.39 is 0 Å². The van der Waals surface area contributed by atoms with Crippen molar-refractivity contribution in [2.45, 2.75) is 64.0 Å². The molecule has 2 unspecified atom stereocenters. The number of carbonyl (C=O) groups excluding carboxylic acids is 1. The molecule has 110 valence electrons. The number of hydrogen-bond acceptors (Lipinski definition) is 3. The molecule has 2 N–H and O–H groups in total. The van der Waals surface area contributed by atoms with E-state index in [0.29, 0.717) is 12.5 Å². The molecule has 0 radical (unpaired) electrons. The third-order valence-electron chi connectivity index (χ3n) is 4.27. The summed E-state index contributed by atoms with van der Waals surface area (Å²) in [6.45, 7) is 6.66. The number of likely N-dealkylation sites (tertiary alicyclic amines) is 1. The number of rotatable bonds is 6. The molecule has 2 rings (SSSR count). The summed E-state index contributed by atoms with van der Waals surface area (Å²) in [7, 11) is 0. The molecule has 0 aromatic heterocycles. The second-order valence-electron chi connectivity index (χ2n) is 6.16. The van der Waals surface area contributed by atoms with Gasteiger partial charge in [0.2, 0.25) is 5.91 Å². The van der Waals surface area contributed by atoms with Crippen LogP contribution >= 0.6 is 0 Å². The molecule has 2 atom stereocenters. The van der Waals surface area contributed by atoms with Gasteiger partial charge in [0.1, 0.15) is 0 Å². The molecule has 2 aliphatic heterocycles. The Labute approximate surface area is 117 Å². The fourth-order valence-electron chi connectivity index (χ4n) is 3.23. The lowest BCUT2D eigenvalue weighted by molar-refractivity contribution is -0.122. The molecule has 0 spiro atoms. The molecule has 0 aromatic carbocycles. The minimum absolute atomic E-state index is 0.221. The number of hydrogen-bond donors (Lipinski definition) is 2. The van der Waals surface area contributed by atoms with E-state index >= 15 is 0 Å². The highest BCUT2D eigenvalue weighted by molar-refractivity contribution is 5.76. The molecule has 2 fully saturated rings. The van der Waals surface area contributed by atoms with Crippen molar-refractivity contribution in [3.63, 3.8) is 0 Å². The molecular weight excluding hydrogens is 238 g/mol. The molecule has 0 aliphatic carbocycles. The van der Waals surface area contributed by atoms with Crippen molar-refractivity contribution in [1.29, 1.82) is 0 Å². The van der Waals surface area contributed by atoms with Crippen molar-refractivity contribution in [2.24, 2.45) is 0 Å². The van der Waals surface area contributed by atoms with Crippen LogP contribution in [0.4, 0.5) is 0 Å². The number of nitrogens with one attached hydrogen (secondary N) is 2. The van der Waals surface area contributed by atoms with Gasteiger partial charge >= 0.3 is 0 Å². The summed E-state index contributed by atoms with van der Waals surface area (Å²) in [6, 6.07) is 0.852. The quantitative estimate of drug-likeness (QED) is 0.767. The van der Waals surface area contributed by atoms with E-state index in [1.807, 2.05) is 0 Å². The summed E-state index contributed by atoms with van der Waals surface area (Å²) in [5.41, 5.74) is 0. The zero-order chi connectivity index (χ0) is 13.5. The molecule has 0 bridgehead atoms. The van der Waals surface area contributed by atoms with Gasteiger partial charge in [0.05, 0.1) is 0 Å². The van der Waals surface area contributed by atoms with Crippen molar-refractivity contribution in [2.75, 3.05) is 26.2 Å². The Morgan fingerprint density at radius 3 is 2.79 bits per heavy atom. The highest BCUT2D eigenvalue weighted by atomic mass is 16.1. The Morgan fingerprint density at radius 2 is 2.11 bits per heavy atom. The van der Waals surface area contributed by atoms with Gasteiger partial charge in [-0.25, -0.2) is 0 Å². The first-order valence-electron chi connectivity index (χ1n) is 7.99. The second kappa shape index (κ2) is 7.85. The first kappa shape index (κ1) is 14.8. The van der Waals surface area contributed by atoms with E-state index in [-0.39, 0.29) is 11.9 Å². The Kier molecular flexibility index (Phi) is 6.11. The maximum absolute atomic E-state index is 11.9. The van der Waals surface area contributed by atoms with Gasteiger partial charge in [-0.15, -0.1) is 0 Å². The zero-order valence-corrected chi connectivity index (χ0v) is 12.3. The smallest absolute Gasteiger partial charge is 0.220 e. The zero-order valence-electron chi connectivity index (χ0n) is 12.3. The largest absolute Gasteiger partial charge is 0.352 e. The van der Waals surface area contributed by atoms with Crippen LogP contribution in [0.2, 0.25) is 0 Å². The minimum atomic E-state index is 0.221. The first-order chi connectivity index (χ1) is 9.24. The SMILES string of the molecule is CC(CN1CCCCC1)NC(=O)CCC1CCCN1. The van der Waals surface area contributed by atoms with Crippen molar-refractivity contribution >= 4 is 5.91 Å². The highest BCUT2D eigenvalue weighted by Crippen LogP contribution is 2.11. The lowest BCUT2D eigenvalue weighted by Gasteiger charge is -2.29. The van der Waals surface area contributed by atoms with Gasteiger partial charge in [-0.05, 0) is 58.7 Å². The summed E-state index contributed by atoms with van der Waals surface area (Å²) >= 11 is 0. The van der Waals surface area contributed by atoms with Crippen molar-refractivity contribution in [3.8, 4) is 0 Å². The van der Waals surface area contributed by atoms with E-state index in [2.05, 4.69) is 22.5 Å². The molecule has 0 saturated carbocycles. The highest BCUT2D eigenvalue weighted by Gasteiger charge is 2.17. The monoisotopic (exact) mass is 267 g/mol. The average Bonchev–Trinajstić information content (AvgIpc) is 2.90. The van der Waals surface area contributed by atoms with Crippen molar-refractivity contribution < 1.29 is 4.79 Å². The molecule has 2 saturated heterocycles. The maximum atomic E-state index is 11.9. The van der Waals surface area contributed by atoms with Gasteiger partial charge < -0.3 is 15.5 Å². The molecule has 4 heteroatoms. The van der Waals surface area contributed by atoms with Gasteiger partial charge in [0, 0.05) is 25.0 Å². The van der Waals surface area contributed by atoms with E-state index in [9.17, 15) is 4.79 Å². The third kappa shape index (κ3) is 5.49. The van der Waals surface area contributed by atoms with Gasteiger partial charge in [-0.1, -0.05) is 6.42 Å². The maximum Gasteiger partial charge on any atom is 0.220 e. The molecule has 1 amide bonds. The Morgan fingerprint density at radius 1 is 1.32 bits per heavy atom. The fraction of sp³-hybridized carbons (Fsp3) is 0.933. The molecule has 4 nitrogen and oxygen atoms in total. The van der Waals surface area contributed by atoms with Gasteiger partial charge in [0.15, 0.2) is 0 Å². The fourth-order valence-corrected chi connectivity index (χ4v) is 3.23. The second-order valence-corrected chi connectivity index (χ2v) is 6.16. The van der Waals surface area contributed by atoms with Crippen LogP contribution in [0.1, 0.15) is 51.9 Å². The molecule has 2 heterocycles. The summed E-state index contributed by atoms with van der Waals surface area (Å²) < 4.78 is 0. The molecular formula is C15H29N3O. The lowest BCUT2D eigenvalue weighted by Crippen LogP contribution is -2.43. The molecule has 2 aliphatic rings. The predicted molar refractivity (Wildman–Crippen MR) is 78.2 cm³/mol. The molecule has 19 heavy (non-hydrogen) atoms. The third-order valence-corrected chi connectivity index (χ3v) is 4.27. The average molecular weight is 267 g/mol. The number of piperidine rings is 1. The van der Waals surface area contributed by atoms with Crippen molar-refractivity contribution in [1.82, 2.24) is 15.5 Å². The topological polar surface area (TPSA) is 44.4 Å². The van der Waals surface area contributed by atoms with E-state index in [1.54, 1.807) is 0 Å². The Bertz CT molecular complexity index is 271. The van der Waals surface area contributed by atoms with Gasteiger partial charge in [-0.3, -0.25) is 4.79 Å². The standard InChI is InChI=1S/C15H29N3O/c1-13(12-18-10-3-2-4-11-18)17-15(19)8-7-14-6-5-9-16-14/h13-14,16H,2-12H2,1H3,(H,17,19). The summed E-state index contributed by atoms with van der Waals surface area (Å²) in [4.78, 5) is 14.4. The summed E-state index contributed by atoms with van der Waals surface area (Å²) in [6.07, 6.45) is 8.15. The van der Waals surface area contributed by atoms with Crippen LogP contribution in [-0.4, -0.2) is 49.1 Å². The van der Waals surface area contributed by atoms with Crippen LogP contribution in [0.5, 0.6) is 0 Å². The van der Waals surface area contributed by atoms with Crippen LogP contribution in [0, 0.1) is 0 Å². The number of carbonyl (C=O) groups is 1. The van der Waals surface area contributed by atoms with E-state index in [0.717, 1.165) is 19.5 Å². The summed E-state index contributed by atoms with van der Waals surface area (Å²) in [5, 5.41) is 6.59. The van der Waals surface area contributed by atoms with Crippen LogP contribution in [0.25, 0.3) is 0 Å². The van der Waals surface area contributed by atoms with Crippen LogP contribution in [0.3, 0.4) is 0 Å². The van der Waals surface area contributed by atoms with Gasteiger partial charge in [0.25, 0.3) is 0 Å². The van der Waals surface area contributed by atoms with Crippen LogP contribution in [0.15, 0.2) is 0 Å². The van der Waals surface area contributed by atoms with Crippen LogP contribution in [-0.2, 0) is 4.79 Å². The minimum Gasteiger partial charge on any atom is -0.352 e. The first-order valence-corrected chi connectivity index (χ1v) is 7.99. The van der Waals surface area contributed by atoms with Gasteiger partial charge in [-0.2, -0.15) is 0 Å².